The third kappa shape index (κ3) is 3.25. The average molecular weight is 413 g/mol. The third-order valence-electron chi connectivity index (χ3n) is 4.76. The summed E-state index contributed by atoms with van der Waals surface area (Å²) in [7, 11) is 1.49. The summed E-state index contributed by atoms with van der Waals surface area (Å²) in [6.07, 6.45) is 4.38. The van der Waals surface area contributed by atoms with Crippen LogP contribution in [0.2, 0.25) is 0 Å². The lowest BCUT2D eigenvalue weighted by Crippen LogP contribution is -2.25. The number of methoxy groups -OCH3 is 1. The highest BCUT2D eigenvalue weighted by molar-refractivity contribution is 5.79. The first-order chi connectivity index (χ1) is 14.4. The number of halogens is 2. The highest BCUT2D eigenvalue weighted by atomic mass is 19.3. The number of aromatic nitrogens is 5. The first-order valence-electron chi connectivity index (χ1n) is 8.92. The first-order valence-corrected chi connectivity index (χ1v) is 8.92. The van der Waals surface area contributed by atoms with Crippen molar-refractivity contribution in [3.8, 4) is 28.6 Å². The van der Waals surface area contributed by atoms with Gasteiger partial charge in [-0.2, -0.15) is 18.6 Å². The van der Waals surface area contributed by atoms with Crippen molar-refractivity contribution in [3.63, 3.8) is 0 Å². The minimum atomic E-state index is -2.92. The van der Waals surface area contributed by atoms with Crippen LogP contribution in [-0.4, -0.2) is 37.9 Å². The maximum Gasteiger partial charge on any atom is 0.387 e. The number of benzene rings is 1. The Morgan fingerprint density at radius 1 is 1.10 bits per heavy atom. The SMILES string of the molecule is COc1cnc(-n2ncn3c(C)c(-c4cccc(OC(F)F)c4)c(C)c3c2=O)nc1. The Bertz CT molecular complexity index is 1280. The van der Waals surface area contributed by atoms with E-state index >= 15 is 0 Å². The molecule has 3 heterocycles. The van der Waals surface area contributed by atoms with E-state index in [0.29, 0.717) is 22.4 Å². The van der Waals surface area contributed by atoms with Crippen LogP contribution >= 0.6 is 0 Å². The molecule has 154 valence electrons. The van der Waals surface area contributed by atoms with Crippen LogP contribution in [0, 0.1) is 13.8 Å². The quantitative estimate of drug-likeness (QED) is 0.500. The maximum atomic E-state index is 13.2. The van der Waals surface area contributed by atoms with Crippen LogP contribution in [0.4, 0.5) is 8.78 Å². The average Bonchev–Trinajstić information content (AvgIpc) is 2.99. The van der Waals surface area contributed by atoms with E-state index < -0.39 is 12.2 Å². The van der Waals surface area contributed by atoms with Gasteiger partial charge in [0.2, 0.25) is 0 Å². The maximum absolute atomic E-state index is 13.2. The zero-order chi connectivity index (χ0) is 21.4. The standard InChI is InChI=1S/C20H17F2N5O3/c1-11-16(13-5-4-6-14(7-13)30-19(21)22)12(2)26-10-25-27(18(28)17(11)26)20-23-8-15(29-3)9-24-20/h4-10,19H,1-3H3. The molecule has 0 unspecified atom stereocenters. The van der Waals surface area contributed by atoms with Crippen LogP contribution in [0.15, 0.2) is 47.8 Å². The first kappa shape index (κ1) is 19.5. The number of fused-ring (bicyclic) bond motifs is 1. The molecule has 0 bridgehead atoms. The van der Waals surface area contributed by atoms with Gasteiger partial charge in [-0.1, -0.05) is 12.1 Å². The summed E-state index contributed by atoms with van der Waals surface area (Å²) in [6, 6.07) is 6.35. The fourth-order valence-corrected chi connectivity index (χ4v) is 3.44. The van der Waals surface area contributed by atoms with Crippen LogP contribution in [-0.2, 0) is 0 Å². The van der Waals surface area contributed by atoms with Crippen molar-refractivity contribution in [3.05, 3.63) is 64.6 Å². The monoisotopic (exact) mass is 413 g/mol. The number of aryl methyl sites for hydroxylation is 2. The second-order valence-electron chi connectivity index (χ2n) is 6.48. The van der Waals surface area contributed by atoms with Gasteiger partial charge in [-0.05, 0) is 37.1 Å². The fourth-order valence-electron chi connectivity index (χ4n) is 3.44. The Labute approximate surface area is 169 Å². The van der Waals surface area contributed by atoms with Gasteiger partial charge in [0.05, 0.1) is 19.5 Å². The largest absolute Gasteiger partial charge is 0.494 e. The number of hydrogen-bond acceptors (Lipinski definition) is 6. The van der Waals surface area contributed by atoms with Gasteiger partial charge in [0.25, 0.3) is 11.5 Å². The van der Waals surface area contributed by atoms with Crippen molar-refractivity contribution in [2.75, 3.05) is 7.11 Å². The molecule has 0 amide bonds. The van der Waals surface area contributed by atoms with Gasteiger partial charge in [-0.15, -0.1) is 0 Å². The number of ether oxygens (including phenoxy) is 2. The lowest BCUT2D eigenvalue weighted by atomic mass is 10.0. The van der Waals surface area contributed by atoms with E-state index in [9.17, 15) is 13.6 Å². The van der Waals surface area contributed by atoms with Gasteiger partial charge in [0.15, 0.2) is 5.75 Å². The van der Waals surface area contributed by atoms with Gasteiger partial charge in [0.1, 0.15) is 17.6 Å². The van der Waals surface area contributed by atoms with E-state index in [2.05, 4.69) is 19.8 Å². The van der Waals surface area contributed by atoms with Gasteiger partial charge in [-0.25, -0.2) is 9.97 Å². The summed E-state index contributed by atoms with van der Waals surface area (Å²) in [5.74, 6) is 0.602. The molecule has 10 heteroatoms. The van der Waals surface area contributed by atoms with Crippen LogP contribution < -0.4 is 15.0 Å². The molecule has 4 rings (SSSR count). The predicted octanol–water partition coefficient (Wildman–Crippen LogP) is 3.17. The molecule has 0 radical (unpaired) electrons. The minimum absolute atomic E-state index is 0.0405. The molecule has 0 aliphatic heterocycles. The second-order valence-corrected chi connectivity index (χ2v) is 6.48. The molecule has 0 atom stereocenters. The summed E-state index contributed by atoms with van der Waals surface area (Å²) in [5.41, 5.74) is 2.78. The number of nitrogens with zero attached hydrogens (tertiary/aromatic N) is 5. The molecule has 0 fully saturated rings. The predicted molar refractivity (Wildman–Crippen MR) is 104 cm³/mol. The Hall–Kier alpha value is -3.82. The van der Waals surface area contributed by atoms with Crippen molar-refractivity contribution in [1.29, 1.82) is 0 Å². The Balaban J connectivity index is 1.88. The summed E-state index contributed by atoms with van der Waals surface area (Å²) < 4.78 is 37.5. The topological polar surface area (TPSA) is 83.5 Å². The fraction of sp³-hybridized carbons (Fsp3) is 0.200. The molecule has 0 saturated heterocycles. The van der Waals surface area contributed by atoms with E-state index in [1.807, 2.05) is 6.92 Å². The molecule has 8 nitrogen and oxygen atoms in total. The second kappa shape index (κ2) is 7.54. The van der Waals surface area contributed by atoms with Crippen molar-refractivity contribution in [2.24, 2.45) is 0 Å². The third-order valence-corrected chi connectivity index (χ3v) is 4.76. The smallest absolute Gasteiger partial charge is 0.387 e. The van der Waals surface area contributed by atoms with Crippen molar-refractivity contribution < 1.29 is 18.3 Å². The van der Waals surface area contributed by atoms with Crippen LogP contribution in [0.1, 0.15) is 11.3 Å². The minimum Gasteiger partial charge on any atom is -0.494 e. The van der Waals surface area contributed by atoms with Crippen molar-refractivity contribution in [1.82, 2.24) is 24.1 Å². The van der Waals surface area contributed by atoms with Crippen LogP contribution in [0.5, 0.6) is 11.5 Å². The summed E-state index contributed by atoms with van der Waals surface area (Å²) in [6.45, 7) is 0.695. The van der Waals surface area contributed by atoms with E-state index in [0.717, 1.165) is 15.9 Å². The van der Waals surface area contributed by atoms with E-state index in [4.69, 9.17) is 4.74 Å². The molecule has 0 aliphatic rings. The number of rotatable bonds is 5. The lowest BCUT2D eigenvalue weighted by molar-refractivity contribution is -0.0498. The van der Waals surface area contributed by atoms with Gasteiger partial charge in [-0.3, -0.25) is 9.20 Å². The van der Waals surface area contributed by atoms with Crippen molar-refractivity contribution >= 4 is 5.52 Å². The molecular formula is C20H17F2N5O3. The highest BCUT2D eigenvalue weighted by Crippen LogP contribution is 2.33. The van der Waals surface area contributed by atoms with Crippen molar-refractivity contribution in [2.45, 2.75) is 20.5 Å². The summed E-state index contributed by atoms with van der Waals surface area (Å²) >= 11 is 0. The normalized spacial score (nSPS) is 11.3. The summed E-state index contributed by atoms with van der Waals surface area (Å²) in [5, 5.41) is 4.18. The Morgan fingerprint density at radius 2 is 1.83 bits per heavy atom. The van der Waals surface area contributed by atoms with Gasteiger partial charge in [0, 0.05) is 11.3 Å². The number of hydrogen-bond donors (Lipinski definition) is 0. The zero-order valence-corrected chi connectivity index (χ0v) is 16.3. The van der Waals surface area contributed by atoms with E-state index in [1.165, 1.54) is 38.0 Å². The molecule has 30 heavy (non-hydrogen) atoms. The Kier molecular flexibility index (Phi) is 4.90. The Morgan fingerprint density at radius 3 is 2.50 bits per heavy atom. The van der Waals surface area contributed by atoms with Gasteiger partial charge >= 0.3 is 6.61 Å². The zero-order valence-electron chi connectivity index (χ0n) is 16.3. The number of alkyl halides is 2. The molecule has 3 aromatic heterocycles. The van der Waals surface area contributed by atoms with Crippen LogP contribution in [0.3, 0.4) is 0 Å². The molecule has 0 saturated carbocycles. The van der Waals surface area contributed by atoms with Crippen LogP contribution in [0.25, 0.3) is 22.6 Å². The van der Waals surface area contributed by atoms with E-state index in [-0.39, 0.29) is 11.7 Å². The molecule has 0 spiro atoms. The lowest BCUT2D eigenvalue weighted by Gasteiger charge is -2.07. The molecule has 0 N–H and O–H groups in total. The van der Waals surface area contributed by atoms with E-state index in [1.54, 1.807) is 23.5 Å². The molecule has 0 aliphatic carbocycles. The highest BCUT2D eigenvalue weighted by Gasteiger charge is 2.20. The molecule has 1 aromatic carbocycles. The molecule has 4 aromatic rings. The van der Waals surface area contributed by atoms with Gasteiger partial charge < -0.3 is 9.47 Å². The molecular weight excluding hydrogens is 396 g/mol. The summed E-state index contributed by atoms with van der Waals surface area (Å²) in [4.78, 5) is 21.4.